The Kier molecular flexibility index (Phi) is 4.82. The number of hydrogen-bond donors (Lipinski definition) is 0. The number of pyridine rings is 1. The minimum absolute atomic E-state index is 0.152. The molecule has 3 heterocycles. The zero-order valence-electron chi connectivity index (χ0n) is 15.0. The van der Waals surface area contributed by atoms with Crippen molar-refractivity contribution in [2.24, 2.45) is 0 Å². The highest BCUT2D eigenvalue weighted by Gasteiger charge is 2.28. The molecule has 0 aliphatic carbocycles. The van der Waals surface area contributed by atoms with Gasteiger partial charge in [-0.25, -0.2) is 4.79 Å². The quantitative estimate of drug-likeness (QED) is 0.703. The van der Waals surface area contributed by atoms with Crippen molar-refractivity contribution in [2.75, 3.05) is 13.1 Å². The number of nitrogens with zero attached hydrogens (tertiary/aromatic N) is 4. The molecule has 0 bridgehead atoms. The van der Waals surface area contributed by atoms with Gasteiger partial charge in [-0.15, -0.1) is 10.2 Å². The number of amides is 1. The van der Waals surface area contributed by atoms with Gasteiger partial charge >= 0.3 is 6.09 Å². The summed E-state index contributed by atoms with van der Waals surface area (Å²) in [7, 11) is 0. The van der Waals surface area contributed by atoms with Gasteiger partial charge in [-0.05, 0) is 44.0 Å². The van der Waals surface area contributed by atoms with E-state index in [-0.39, 0.29) is 12.0 Å². The van der Waals surface area contributed by atoms with Gasteiger partial charge in [0.25, 0.3) is 0 Å². The zero-order chi connectivity index (χ0) is 18.6. The van der Waals surface area contributed by atoms with Crippen LogP contribution in [0.4, 0.5) is 4.79 Å². The lowest BCUT2D eigenvalue weighted by Crippen LogP contribution is -2.39. The molecule has 4 rings (SSSR count). The average Bonchev–Trinajstić information content (AvgIpc) is 3.21. The molecule has 1 saturated heterocycles. The van der Waals surface area contributed by atoms with Gasteiger partial charge in [0.15, 0.2) is 5.75 Å². The minimum atomic E-state index is -0.347. The highest BCUT2D eigenvalue weighted by atomic mass is 16.6. The second kappa shape index (κ2) is 7.57. The summed E-state index contributed by atoms with van der Waals surface area (Å²) in [6, 6.07) is 13.2. The predicted molar refractivity (Wildman–Crippen MR) is 98.3 cm³/mol. The van der Waals surface area contributed by atoms with E-state index in [0.29, 0.717) is 36.3 Å². The van der Waals surface area contributed by atoms with Crippen molar-refractivity contribution < 1.29 is 13.9 Å². The molecule has 27 heavy (non-hydrogen) atoms. The number of hydrogen-bond acceptors (Lipinski definition) is 6. The summed E-state index contributed by atoms with van der Waals surface area (Å²) in [5.41, 5.74) is 1.60. The number of piperidine rings is 1. The van der Waals surface area contributed by atoms with Crippen LogP contribution in [0.2, 0.25) is 0 Å². The SMILES string of the molecule is Cc1ncccc1OC(=O)N1CCC(c2nnc(-c3ccccc3)o2)CC1. The Labute approximate surface area is 157 Å². The third kappa shape index (κ3) is 3.81. The van der Waals surface area contributed by atoms with Crippen LogP contribution in [0.15, 0.2) is 53.1 Å². The Bertz CT molecular complexity index is 918. The molecule has 1 aromatic carbocycles. The third-order valence-corrected chi connectivity index (χ3v) is 4.72. The first-order valence-electron chi connectivity index (χ1n) is 8.98. The topological polar surface area (TPSA) is 81.4 Å². The van der Waals surface area contributed by atoms with E-state index in [4.69, 9.17) is 9.15 Å². The predicted octanol–water partition coefficient (Wildman–Crippen LogP) is 3.82. The number of aromatic nitrogens is 3. The fraction of sp³-hybridized carbons (Fsp3) is 0.300. The monoisotopic (exact) mass is 364 g/mol. The van der Waals surface area contributed by atoms with Gasteiger partial charge < -0.3 is 14.1 Å². The highest BCUT2D eigenvalue weighted by Crippen LogP contribution is 2.29. The molecule has 138 valence electrons. The molecular formula is C20H20N4O3. The minimum Gasteiger partial charge on any atom is -0.420 e. The lowest BCUT2D eigenvalue weighted by atomic mass is 9.97. The summed E-state index contributed by atoms with van der Waals surface area (Å²) in [6.45, 7) is 2.99. The second-order valence-corrected chi connectivity index (χ2v) is 6.53. The highest BCUT2D eigenvalue weighted by molar-refractivity contribution is 5.71. The van der Waals surface area contributed by atoms with Gasteiger partial charge in [0.05, 0.1) is 5.69 Å². The van der Waals surface area contributed by atoms with E-state index in [2.05, 4.69) is 15.2 Å². The number of benzene rings is 1. The number of ether oxygens (including phenoxy) is 1. The second-order valence-electron chi connectivity index (χ2n) is 6.53. The molecule has 3 aromatic rings. The number of likely N-dealkylation sites (tertiary alicyclic amines) is 1. The van der Waals surface area contributed by atoms with E-state index in [9.17, 15) is 4.79 Å². The summed E-state index contributed by atoms with van der Waals surface area (Å²) in [4.78, 5) is 18.2. The van der Waals surface area contributed by atoms with Crippen molar-refractivity contribution in [3.8, 4) is 17.2 Å². The molecule has 2 aromatic heterocycles. The first kappa shape index (κ1) is 17.2. The van der Waals surface area contributed by atoms with Crippen molar-refractivity contribution in [1.82, 2.24) is 20.1 Å². The summed E-state index contributed by atoms with van der Waals surface area (Å²) in [5.74, 6) is 1.80. The average molecular weight is 364 g/mol. The fourth-order valence-corrected chi connectivity index (χ4v) is 3.14. The van der Waals surface area contributed by atoms with Gasteiger partial charge in [-0.3, -0.25) is 4.98 Å². The Hall–Kier alpha value is -3.22. The Morgan fingerprint density at radius 1 is 1.11 bits per heavy atom. The molecule has 7 heteroatoms. The van der Waals surface area contributed by atoms with E-state index in [1.807, 2.05) is 37.3 Å². The van der Waals surface area contributed by atoms with Crippen molar-refractivity contribution in [2.45, 2.75) is 25.7 Å². The molecule has 7 nitrogen and oxygen atoms in total. The molecule has 0 atom stereocenters. The van der Waals surface area contributed by atoms with E-state index in [0.717, 1.165) is 18.4 Å². The standard InChI is InChI=1S/C20H20N4O3/c1-14-17(8-5-11-21-14)26-20(25)24-12-9-16(10-13-24)19-23-22-18(27-19)15-6-3-2-4-7-15/h2-8,11,16H,9-10,12-13H2,1H3. The summed E-state index contributed by atoms with van der Waals surface area (Å²) >= 11 is 0. The van der Waals surface area contributed by atoms with E-state index in [1.165, 1.54) is 0 Å². The fourth-order valence-electron chi connectivity index (χ4n) is 3.14. The van der Waals surface area contributed by atoms with Gasteiger partial charge in [-0.1, -0.05) is 18.2 Å². The molecular weight excluding hydrogens is 344 g/mol. The largest absolute Gasteiger partial charge is 0.420 e. The Morgan fingerprint density at radius 2 is 1.89 bits per heavy atom. The normalized spacial score (nSPS) is 14.9. The van der Waals surface area contributed by atoms with Crippen molar-refractivity contribution in [3.63, 3.8) is 0 Å². The van der Waals surface area contributed by atoms with Crippen LogP contribution in [0.5, 0.6) is 5.75 Å². The maximum Gasteiger partial charge on any atom is 0.415 e. The smallest absolute Gasteiger partial charge is 0.415 e. The Morgan fingerprint density at radius 3 is 2.63 bits per heavy atom. The molecule has 0 N–H and O–H groups in total. The number of aryl methyl sites for hydroxylation is 1. The number of rotatable bonds is 3. The van der Waals surface area contributed by atoms with Gasteiger partial charge in [-0.2, -0.15) is 0 Å². The van der Waals surface area contributed by atoms with Crippen LogP contribution < -0.4 is 4.74 Å². The Balaban J connectivity index is 1.36. The number of carbonyl (C=O) groups excluding carboxylic acids is 1. The molecule has 0 saturated carbocycles. The summed E-state index contributed by atoms with van der Waals surface area (Å²) < 4.78 is 11.3. The first-order valence-corrected chi connectivity index (χ1v) is 8.98. The van der Waals surface area contributed by atoms with Crippen molar-refractivity contribution >= 4 is 6.09 Å². The molecule has 1 aliphatic rings. The van der Waals surface area contributed by atoms with Gasteiger partial charge in [0, 0.05) is 30.8 Å². The number of carbonyl (C=O) groups is 1. The molecule has 0 spiro atoms. The molecule has 1 amide bonds. The molecule has 0 unspecified atom stereocenters. The zero-order valence-corrected chi connectivity index (χ0v) is 15.0. The summed E-state index contributed by atoms with van der Waals surface area (Å²) in [6.07, 6.45) is 2.85. The van der Waals surface area contributed by atoms with Crippen LogP contribution in [-0.4, -0.2) is 39.3 Å². The lowest BCUT2D eigenvalue weighted by molar-refractivity contribution is 0.135. The van der Waals surface area contributed by atoms with Crippen LogP contribution in [0.3, 0.4) is 0 Å². The lowest BCUT2D eigenvalue weighted by Gasteiger charge is -2.29. The van der Waals surface area contributed by atoms with Gasteiger partial charge in [0.2, 0.25) is 11.8 Å². The van der Waals surface area contributed by atoms with E-state index < -0.39 is 0 Å². The van der Waals surface area contributed by atoms with Crippen molar-refractivity contribution in [1.29, 1.82) is 0 Å². The van der Waals surface area contributed by atoms with Crippen LogP contribution >= 0.6 is 0 Å². The van der Waals surface area contributed by atoms with E-state index in [1.54, 1.807) is 23.2 Å². The maximum absolute atomic E-state index is 12.4. The van der Waals surface area contributed by atoms with Crippen LogP contribution in [0.1, 0.15) is 30.3 Å². The molecule has 1 aliphatic heterocycles. The molecule has 1 fully saturated rings. The van der Waals surface area contributed by atoms with Crippen molar-refractivity contribution in [3.05, 3.63) is 60.2 Å². The maximum atomic E-state index is 12.4. The van der Waals surface area contributed by atoms with Gasteiger partial charge in [0.1, 0.15) is 0 Å². The summed E-state index contributed by atoms with van der Waals surface area (Å²) in [5, 5.41) is 8.36. The third-order valence-electron chi connectivity index (χ3n) is 4.72. The van der Waals surface area contributed by atoms with Crippen LogP contribution in [-0.2, 0) is 0 Å². The van der Waals surface area contributed by atoms with Crippen LogP contribution in [0.25, 0.3) is 11.5 Å². The van der Waals surface area contributed by atoms with E-state index >= 15 is 0 Å². The van der Waals surface area contributed by atoms with Crippen LogP contribution in [0, 0.1) is 6.92 Å². The molecule has 0 radical (unpaired) electrons. The first-order chi connectivity index (χ1) is 13.2.